The number of nitrogens with zero attached hydrogens (tertiary/aromatic N) is 4. The molecule has 2 unspecified atom stereocenters. The number of ether oxygens (including phenoxy) is 1. The molecule has 4 heterocycles. The van der Waals surface area contributed by atoms with E-state index in [-0.39, 0.29) is 29.5 Å². The van der Waals surface area contributed by atoms with Gasteiger partial charge < -0.3 is 25.6 Å². The van der Waals surface area contributed by atoms with Crippen LogP contribution in [0.25, 0.3) is 0 Å². The van der Waals surface area contributed by atoms with Crippen molar-refractivity contribution in [3.63, 3.8) is 0 Å². The molecule has 2 fully saturated rings. The fraction of sp³-hybridized carbons (Fsp3) is 0.378. The Morgan fingerprint density at radius 3 is 2.61 bits per heavy atom. The number of rotatable bonds is 9. The molecule has 3 aliphatic heterocycles. The third-order valence-electron chi connectivity index (χ3n) is 9.22. The molecular weight excluding hydrogens is 639 g/mol. The molecule has 0 spiro atoms. The lowest BCUT2D eigenvalue weighted by Gasteiger charge is -2.36. The number of aryl methyl sites for hydroxylation is 1. The SMILES string of the molecule is Cc1cc(Oc2ccccc2)ccc1N1C(=O)NC2c3c1ccnc3S[C@H]2C(=O)NC1CCCN(C(=O)/C(C#N)=C/C(C)(C)NC2CC2)C1. The summed E-state index contributed by atoms with van der Waals surface area (Å²) in [5, 5.41) is 19.6. The molecule has 49 heavy (non-hydrogen) atoms. The molecule has 4 amide bonds. The number of hydrogen-bond donors (Lipinski definition) is 3. The molecule has 252 valence electrons. The number of likely N-dealkylation sites (tertiary alicyclic amines) is 1. The average molecular weight is 678 g/mol. The highest BCUT2D eigenvalue weighted by Gasteiger charge is 2.47. The quantitative estimate of drug-likeness (QED) is 0.195. The van der Waals surface area contributed by atoms with Crippen LogP contribution in [-0.4, -0.2) is 63.7 Å². The van der Waals surface area contributed by atoms with Gasteiger partial charge in [0.2, 0.25) is 5.91 Å². The van der Waals surface area contributed by atoms with Crippen LogP contribution < -0.4 is 25.6 Å². The topological polar surface area (TPSA) is 140 Å². The molecule has 11 nitrogen and oxygen atoms in total. The number of piperidine rings is 1. The number of carbonyl (C=O) groups excluding carboxylic acids is 3. The van der Waals surface area contributed by atoms with Gasteiger partial charge in [-0.25, -0.2) is 9.78 Å². The fourth-order valence-corrected chi connectivity index (χ4v) is 8.10. The van der Waals surface area contributed by atoms with Crippen molar-refractivity contribution in [3.05, 3.63) is 83.6 Å². The normalized spacial score (nSPS) is 21.8. The van der Waals surface area contributed by atoms with Gasteiger partial charge >= 0.3 is 6.03 Å². The lowest BCUT2D eigenvalue weighted by atomic mass is 9.98. The number of para-hydroxylation sites is 1. The maximum atomic E-state index is 13.8. The molecule has 3 atom stereocenters. The highest BCUT2D eigenvalue weighted by molar-refractivity contribution is 8.01. The van der Waals surface area contributed by atoms with Crippen molar-refractivity contribution in [1.82, 2.24) is 25.8 Å². The summed E-state index contributed by atoms with van der Waals surface area (Å²) in [7, 11) is 0. The van der Waals surface area contributed by atoms with E-state index in [9.17, 15) is 19.6 Å². The minimum Gasteiger partial charge on any atom is -0.457 e. The van der Waals surface area contributed by atoms with Gasteiger partial charge in [-0.2, -0.15) is 5.26 Å². The second-order valence-electron chi connectivity index (χ2n) is 13.6. The number of carbonyl (C=O) groups is 3. The van der Waals surface area contributed by atoms with E-state index < -0.39 is 16.8 Å². The van der Waals surface area contributed by atoms with E-state index in [0.717, 1.165) is 29.7 Å². The summed E-state index contributed by atoms with van der Waals surface area (Å²) in [6.07, 6.45) is 6.99. The lowest BCUT2D eigenvalue weighted by Crippen LogP contribution is -2.54. The summed E-state index contributed by atoms with van der Waals surface area (Å²) < 4.78 is 6.00. The summed E-state index contributed by atoms with van der Waals surface area (Å²) in [5.41, 5.74) is 2.67. The van der Waals surface area contributed by atoms with E-state index in [2.05, 4.69) is 27.0 Å². The Morgan fingerprint density at radius 1 is 1.08 bits per heavy atom. The van der Waals surface area contributed by atoms with Crippen LogP contribution in [0.4, 0.5) is 16.2 Å². The first-order valence-corrected chi connectivity index (χ1v) is 17.6. The second-order valence-corrected chi connectivity index (χ2v) is 14.8. The van der Waals surface area contributed by atoms with Crippen LogP contribution in [0.5, 0.6) is 11.5 Å². The van der Waals surface area contributed by atoms with Gasteiger partial charge in [0.15, 0.2) is 0 Å². The molecule has 12 heteroatoms. The van der Waals surface area contributed by atoms with Crippen molar-refractivity contribution >= 4 is 41.0 Å². The van der Waals surface area contributed by atoms with Gasteiger partial charge in [-0.3, -0.25) is 14.5 Å². The van der Waals surface area contributed by atoms with Crippen LogP contribution in [0, 0.1) is 18.3 Å². The summed E-state index contributed by atoms with van der Waals surface area (Å²) in [6.45, 7) is 6.69. The summed E-state index contributed by atoms with van der Waals surface area (Å²) in [6, 6.07) is 18.3. The molecule has 1 saturated heterocycles. The Labute approximate surface area is 290 Å². The minimum absolute atomic E-state index is 0.105. The van der Waals surface area contributed by atoms with Gasteiger partial charge in [0.05, 0.1) is 17.4 Å². The zero-order valence-electron chi connectivity index (χ0n) is 27.7. The predicted octanol–water partition coefficient (Wildman–Crippen LogP) is 5.65. The summed E-state index contributed by atoms with van der Waals surface area (Å²) >= 11 is 1.33. The van der Waals surface area contributed by atoms with E-state index in [1.54, 1.807) is 22.1 Å². The van der Waals surface area contributed by atoms with Gasteiger partial charge in [-0.1, -0.05) is 30.0 Å². The van der Waals surface area contributed by atoms with Crippen LogP contribution in [0.3, 0.4) is 0 Å². The molecule has 7 rings (SSSR count). The van der Waals surface area contributed by atoms with E-state index in [0.29, 0.717) is 54.1 Å². The molecular formula is C37H39N7O4S. The Morgan fingerprint density at radius 2 is 1.88 bits per heavy atom. The second kappa shape index (κ2) is 13.2. The number of nitrogens with one attached hydrogen (secondary N) is 3. The van der Waals surface area contributed by atoms with Gasteiger partial charge in [-0.05, 0) is 94.5 Å². The number of thioether (sulfide) groups is 1. The number of amides is 4. The van der Waals surface area contributed by atoms with Crippen molar-refractivity contribution in [2.45, 2.75) is 80.4 Å². The van der Waals surface area contributed by atoms with Crippen LogP contribution in [-0.2, 0) is 9.59 Å². The van der Waals surface area contributed by atoms with Crippen molar-refractivity contribution in [1.29, 1.82) is 5.26 Å². The number of aromatic nitrogens is 1. The van der Waals surface area contributed by atoms with E-state index in [1.165, 1.54) is 11.8 Å². The third kappa shape index (κ3) is 6.86. The monoisotopic (exact) mass is 677 g/mol. The van der Waals surface area contributed by atoms with Gasteiger partial charge in [0.1, 0.15) is 33.4 Å². The first-order chi connectivity index (χ1) is 23.6. The van der Waals surface area contributed by atoms with Crippen LogP contribution in [0.15, 0.2) is 77.5 Å². The zero-order chi connectivity index (χ0) is 34.3. The number of nitriles is 1. The highest BCUT2D eigenvalue weighted by Crippen LogP contribution is 2.51. The maximum absolute atomic E-state index is 13.8. The van der Waals surface area contributed by atoms with Crippen LogP contribution >= 0.6 is 11.8 Å². The van der Waals surface area contributed by atoms with Crippen molar-refractivity contribution < 1.29 is 19.1 Å². The fourth-order valence-electron chi connectivity index (χ4n) is 6.86. The smallest absolute Gasteiger partial charge is 0.327 e. The van der Waals surface area contributed by atoms with Crippen molar-refractivity contribution in [2.24, 2.45) is 0 Å². The standard InChI is InChI=1S/C37H39N7O4S/c1-22-18-27(48-26-9-5-4-6-10-26)13-14-28(22)44-29-15-16-39-34-30(29)31(41-36(44)47)32(49-34)33(45)40-25-8-7-17-43(21-25)35(46)23(20-38)19-37(2,3)42-24-11-12-24/h4-6,9-10,13-16,18-19,24-25,31-32,42H,7-8,11-12,17,21H2,1-3H3,(H,40,45)(H,41,47)/b23-19+/t25?,31?,32-/m1/s1. The molecule has 1 aromatic heterocycles. The molecule has 3 aromatic rings. The summed E-state index contributed by atoms with van der Waals surface area (Å²) in [5.74, 6) is 0.834. The molecule has 0 bridgehead atoms. The van der Waals surface area contributed by atoms with E-state index in [1.807, 2.05) is 75.4 Å². The first-order valence-electron chi connectivity index (χ1n) is 16.7. The van der Waals surface area contributed by atoms with E-state index >= 15 is 0 Å². The molecule has 1 saturated carbocycles. The average Bonchev–Trinajstić information content (AvgIpc) is 3.81. The summed E-state index contributed by atoms with van der Waals surface area (Å²) in [4.78, 5) is 48.9. The van der Waals surface area contributed by atoms with Gasteiger partial charge in [0, 0.05) is 42.5 Å². The number of hydrogen-bond acceptors (Lipinski definition) is 8. The molecule has 0 radical (unpaired) electrons. The minimum atomic E-state index is -0.632. The Balaban J connectivity index is 1.04. The maximum Gasteiger partial charge on any atom is 0.327 e. The molecule has 3 N–H and O–H groups in total. The lowest BCUT2D eigenvalue weighted by molar-refractivity contribution is -0.129. The third-order valence-corrected chi connectivity index (χ3v) is 10.5. The number of pyridine rings is 1. The largest absolute Gasteiger partial charge is 0.457 e. The zero-order valence-corrected chi connectivity index (χ0v) is 28.5. The van der Waals surface area contributed by atoms with Crippen molar-refractivity contribution in [3.8, 4) is 17.6 Å². The Hall–Kier alpha value is -4.86. The number of urea groups is 1. The van der Waals surface area contributed by atoms with Gasteiger partial charge in [-0.15, -0.1) is 0 Å². The molecule has 2 aromatic carbocycles. The van der Waals surface area contributed by atoms with Crippen LogP contribution in [0.2, 0.25) is 0 Å². The van der Waals surface area contributed by atoms with Crippen molar-refractivity contribution in [2.75, 3.05) is 18.0 Å². The van der Waals surface area contributed by atoms with Gasteiger partial charge in [0.25, 0.3) is 5.91 Å². The Bertz CT molecular complexity index is 1870. The first kappa shape index (κ1) is 32.7. The Kier molecular flexibility index (Phi) is 8.81. The number of anilines is 2. The predicted molar refractivity (Wildman–Crippen MR) is 187 cm³/mol. The molecule has 4 aliphatic rings. The van der Waals surface area contributed by atoms with Crippen LogP contribution in [0.1, 0.15) is 56.7 Å². The number of benzene rings is 2. The van der Waals surface area contributed by atoms with E-state index in [4.69, 9.17) is 4.74 Å². The highest BCUT2D eigenvalue weighted by atomic mass is 32.2. The molecule has 1 aliphatic carbocycles.